The van der Waals surface area contributed by atoms with Gasteiger partial charge in [0.25, 0.3) is 11.8 Å². The van der Waals surface area contributed by atoms with Crippen molar-refractivity contribution in [2.75, 3.05) is 6.54 Å². The Morgan fingerprint density at radius 2 is 1.86 bits per heavy atom. The van der Waals surface area contributed by atoms with Gasteiger partial charge in [0.1, 0.15) is 0 Å². The molecule has 0 aromatic heterocycles. The van der Waals surface area contributed by atoms with Gasteiger partial charge in [-0.15, -0.1) is 0 Å². The van der Waals surface area contributed by atoms with Crippen molar-refractivity contribution < 1.29 is 19.1 Å². The molecule has 1 saturated carbocycles. The highest BCUT2D eigenvalue weighted by molar-refractivity contribution is 6.30. The number of amides is 2. The molecule has 2 rings (SSSR count). The molecule has 28 heavy (non-hydrogen) atoms. The Balaban J connectivity index is 1.70. The van der Waals surface area contributed by atoms with E-state index in [9.17, 15) is 14.4 Å². The van der Waals surface area contributed by atoms with Gasteiger partial charge in [-0.05, 0) is 49.4 Å². The van der Waals surface area contributed by atoms with Crippen molar-refractivity contribution in [2.24, 2.45) is 11.8 Å². The van der Waals surface area contributed by atoms with E-state index in [0.29, 0.717) is 22.4 Å². The van der Waals surface area contributed by atoms with Crippen LogP contribution in [0.25, 0.3) is 0 Å². The minimum Gasteiger partial charge on any atom is -0.452 e. The molecule has 0 saturated heterocycles. The van der Waals surface area contributed by atoms with Crippen LogP contribution >= 0.6 is 11.6 Å². The van der Waals surface area contributed by atoms with E-state index >= 15 is 0 Å². The molecule has 0 unspecified atom stereocenters. The standard InChI is InChI=1S/C21H29ClN2O4/c1-13-5-4-6-18(14(13)2)24-20(26)15(3)28-19(25)11-12-23-21(27)16-7-9-17(22)10-8-16/h7-10,13-15,18H,4-6,11-12H2,1-3H3,(H,23,27)(H,24,26)/t13-,14+,15+,18-/m0/s1. The highest BCUT2D eigenvalue weighted by Gasteiger charge is 2.30. The molecule has 0 heterocycles. The summed E-state index contributed by atoms with van der Waals surface area (Å²) in [4.78, 5) is 36.3. The van der Waals surface area contributed by atoms with Gasteiger partial charge in [0.2, 0.25) is 0 Å². The summed E-state index contributed by atoms with van der Waals surface area (Å²) in [6.07, 6.45) is 2.36. The zero-order chi connectivity index (χ0) is 20.7. The average molecular weight is 409 g/mol. The quantitative estimate of drug-likeness (QED) is 0.677. The van der Waals surface area contributed by atoms with E-state index in [0.717, 1.165) is 12.8 Å². The summed E-state index contributed by atoms with van der Waals surface area (Å²) in [7, 11) is 0. The second-order valence-electron chi connectivity index (χ2n) is 7.53. The zero-order valence-electron chi connectivity index (χ0n) is 16.7. The van der Waals surface area contributed by atoms with Gasteiger partial charge in [0, 0.05) is 23.2 Å². The van der Waals surface area contributed by atoms with Gasteiger partial charge in [0.15, 0.2) is 6.10 Å². The average Bonchev–Trinajstić information content (AvgIpc) is 2.65. The van der Waals surface area contributed by atoms with E-state index in [4.69, 9.17) is 16.3 Å². The number of rotatable bonds is 7. The van der Waals surface area contributed by atoms with Gasteiger partial charge in [-0.3, -0.25) is 14.4 Å². The molecule has 1 aromatic rings. The number of halogens is 1. The van der Waals surface area contributed by atoms with Crippen LogP contribution in [0.4, 0.5) is 0 Å². The topological polar surface area (TPSA) is 84.5 Å². The number of esters is 1. The maximum Gasteiger partial charge on any atom is 0.308 e. The maximum absolute atomic E-state index is 12.3. The Bertz CT molecular complexity index is 692. The summed E-state index contributed by atoms with van der Waals surface area (Å²) in [5.41, 5.74) is 0.460. The SMILES string of the molecule is C[C@H]1[C@@H](NC(=O)[C@@H](C)OC(=O)CCNC(=O)c2ccc(Cl)cc2)CCC[C@@H]1C. The van der Waals surface area contributed by atoms with Gasteiger partial charge in [-0.1, -0.05) is 38.3 Å². The Morgan fingerprint density at radius 3 is 2.54 bits per heavy atom. The first kappa shape index (κ1) is 22.2. The minimum absolute atomic E-state index is 0.00614. The monoisotopic (exact) mass is 408 g/mol. The van der Waals surface area contributed by atoms with Crippen LogP contribution in [0, 0.1) is 11.8 Å². The van der Waals surface area contributed by atoms with Crippen LogP contribution in [0.2, 0.25) is 5.02 Å². The largest absolute Gasteiger partial charge is 0.452 e. The van der Waals surface area contributed by atoms with Crippen molar-refractivity contribution in [2.45, 2.75) is 58.6 Å². The Kier molecular flexibility index (Phi) is 8.30. The van der Waals surface area contributed by atoms with Crippen LogP contribution in [0.15, 0.2) is 24.3 Å². The first-order valence-corrected chi connectivity index (χ1v) is 10.2. The maximum atomic E-state index is 12.3. The van der Waals surface area contributed by atoms with Crippen LogP contribution in [-0.2, 0) is 14.3 Å². The summed E-state index contributed by atoms with van der Waals surface area (Å²) >= 11 is 5.79. The van der Waals surface area contributed by atoms with Gasteiger partial charge in [-0.2, -0.15) is 0 Å². The highest BCUT2D eigenvalue weighted by atomic mass is 35.5. The lowest BCUT2D eigenvalue weighted by Gasteiger charge is -2.35. The smallest absolute Gasteiger partial charge is 0.308 e. The molecule has 1 fully saturated rings. The Labute approximate surface area is 171 Å². The van der Waals surface area contributed by atoms with Crippen LogP contribution in [0.5, 0.6) is 0 Å². The lowest BCUT2D eigenvalue weighted by Crippen LogP contribution is -2.47. The summed E-state index contributed by atoms with van der Waals surface area (Å²) < 4.78 is 5.20. The van der Waals surface area contributed by atoms with E-state index in [-0.39, 0.29) is 30.8 Å². The molecular formula is C21H29ClN2O4. The third-order valence-electron chi connectivity index (χ3n) is 5.43. The van der Waals surface area contributed by atoms with E-state index < -0.39 is 12.1 Å². The van der Waals surface area contributed by atoms with Crippen molar-refractivity contribution >= 4 is 29.4 Å². The van der Waals surface area contributed by atoms with Crippen molar-refractivity contribution in [1.82, 2.24) is 10.6 Å². The van der Waals surface area contributed by atoms with Crippen LogP contribution in [-0.4, -0.2) is 36.5 Å². The zero-order valence-corrected chi connectivity index (χ0v) is 17.4. The molecule has 0 bridgehead atoms. The van der Waals surface area contributed by atoms with Gasteiger partial charge < -0.3 is 15.4 Å². The third-order valence-corrected chi connectivity index (χ3v) is 5.69. The Morgan fingerprint density at radius 1 is 1.18 bits per heavy atom. The van der Waals surface area contributed by atoms with Crippen molar-refractivity contribution in [3.05, 3.63) is 34.9 Å². The minimum atomic E-state index is -0.858. The van der Waals surface area contributed by atoms with E-state index in [1.807, 2.05) is 0 Å². The third kappa shape index (κ3) is 6.51. The fraction of sp³-hybridized carbons (Fsp3) is 0.571. The lowest BCUT2D eigenvalue weighted by molar-refractivity contribution is -0.155. The van der Waals surface area contributed by atoms with Crippen molar-refractivity contribution in [3.63, 3.8) is 0 Å². The van der Waals surface area contributed by atoms with Crippen molar-refractivity contribution in [3.8, 4) is 0 Å². The van der Waals surface area contributed by atoms with Crippen LogP contribution < -0.4 is 10.6 Å². The summed E-state index contributed by atoms with van der Waals surface area (Å²) in [5.74, 6) is -0.117. The molecule has 1 aliphatic carbocycles. The molecule has 0 aliphatic heterocycles. The highest BCUT2D eigenvalue weighted by Crippen LogP contribution is 2.29. The number of hydrogen-bond donors (Lipinski definition) is 2. The van der Waals surface area contributed by atoms with Gasteiger partial charge >= 0.3 is 5.97 Å². The molecule has 0 spiro atoms. The van der Waals surface area contributed by atoms with E-state index in [1.54, 1.807) is 31.2 Å². The number of carbonyl (C=O) groups is 3. The summed E-state index contributed by atoms with van der Waals surface area (Å²) in [6, 6.07) is 6.58. The van der Waals surface area contributed by atoms with Crippen LogP contribution in [0.1, 0.15) is 56.8 Å². The molecule has 1 aliphatic rings. The molecule has 154 valence electrons. The molecule has 4 atom stereocenters. The van der Waals surface area contributed by atoms with Crippen molar-refractivity contribution in [1.29, 1.82) is 0 Å². The number of ether oxygens (including phenoxy) is 1. The van der Waals surface area contributed by atoms with E-state index in [2.05, 4.69) is 24.5 Å². The second-order valence-corrected chi connectivity index (χ2v) is 7.96. The number of nitrogens with one attached hydrogen (secondary N) is 2. The first-order valence-electron chi connectivity index (χ1n) is 9.81. The fourth-order valence-corrected chi connectivity index (χ4v) is 3.50. The van der Waals surface area contributed by atoms with Crippen LogP contribution in [0.3, 0.4) is 0 Å². The first-order chi connectivity index (χ1) is 13.3. The summed E-state index contributed by atoms with van der Waals surface area (Å²) in [6.45, 7) is 6.04. The molecule has 0 radical (unpaired) electrons. The predicted molar refractivity (Wildman–Crippen MR) is 108 cm³/mol. The number of hydrogen-bond acceptors (Lipinski definition) is 4. The fourth-order valence-electron chi connectivity index (χ4n) is 3.38. The number of carbonyl (C=O) groups excluding carboxylic acids is 3. The normalized spacial score (nSPS) is 22.8. The van der Waals surface area contributed by atoms with Gasteiger partial charge in [0.05, 0.1) is 6.42 Å². The molecule has 1 aromatic carbocycles. The predicted octanol–water partition coefficient (Wildman–Crippen LogP) is 3.33. The van der Waals surface area contributed by atoms with Gasteiger partial charge in [-0.25, -0.2) is 0 Å². The van der Waals surface area contributed by atoms with E-state index in [1.165, 1.54) is 6.42 Å². The number of benzene rings is 1. The Hall–Kier alpha value is -2.08. The molecule has 2 N–H and O–H groups in total. The molecule has 7 heteroatoms. The molecule has 2 amide bonds. The lowest BCUT2D eigenvalue weighted by atomic mass is 9.78. The summed E-state index contributed by atoms with van der Waals surface area (Å²) in [5, 5.41) is 6.20. The molecular weight excluding hydrogens is 380 g/mol. The second kappa shape index (κ2) is 10.5. The molecule has 6 nitrogen and oxygen atoms in total.